The smallest absolute Gasteiger partial charge is 0.230 e. The van der Waals surface area contributed by atoms with E-state index in [4.69, 9.17) is 4.42 Å². The van der Waals surface area contributed by atoms with Gasteiger partial charge in [0.2, 0.25) is 11.8 Å². The molecule has 0 aliphatic rings. The predicted molar refractivity (Wildman–Crippen MR) is 95.5 cm³/mol. The number of carbonyl (C=O) groups excluding carboxylic acids is 1. The average Bonchev–Trinajstić information content (AvgIpc) is 2.88. The molecule has 2 rings (SSSR count). The molecule has 0 spiro atoms. The second-order valence-corrected chi connectivity index (χ2v) is 6.69. The van der Waals surface area contributed by atoms with Crippen LogP contribution in [0.4, 0.5) is 0 Å². The van der Waals surface area contributed by atoms with E-state index in [0.29, 0.717) is 17.4 Å². The standard InChI is InChI=1S/C18H24N2O2S/c1-5-13(3)19-17(21)11-23-10-16-14(4)22-18(20-16)15-9-7-6-8-12(15)2/h6-9,13H,5,10-11H2,1-4H3,(H,19,21). The summed E-state index contributed by atoms with van der Waals surface area (Å²) in [7, 11) is 0. The van der Waals surface area contributed by atoms with Crippen LogP contribution in [0.15, 0.2) is 28.7 Å². The zero-order valence-electron chi connectivity index (χ0n) is 14.2. The Bertz CT molecular complexity index is 667. The first-order valence-electron chi connectivity index (χ1n) is 7.90. The number of thioether (sulfide) groups is 1. The summed E-state index contributed by atoms with van der Waals surface area (Å²) in [6.45, 7) is 8.04. The average molecular weight is 332 g/mol. The van der Waals surface area contributed by atoms with Crippen molar-refractivity contribution < 1.29 is 9.21 Å². The van der Waals surface area contributed by atoms with Crippen LogP contribution < -0.4 is 5.32 Å². The number of amides is 1. The van der Waals surface area contributed by atoms with E-state index >= 15 is 0 Å². The molecule has 2 aromatic rings. The van der Waals surface area contributed by atoms with Crippen LogP contribution in [0.2, 0.25) is 0 Å². The van der Waals surface area contributed by atoms with Crippen LogP contribution in [0.5, 0.6) is 0 Å². The molecule has 23 heavy (non-hydrogen) atoms. The largest absolute Gasteiger partial charge is 0.441 e. The number of nitrogens with one attached hydrogen (secondary N) is 1. The summed E-state index contributed by atoms with van der Waals surface area (Å²) in [4.78, 5) is 16.4. The Kier molecular flexibility index (Phi) is 6.28. The third-order valence-electron chi connectivity index (χ3n) is 3.76. The molecule has 5 heteroatoms. The van der Waals surface area contributed by atoms with Gasteiger partial charge in [-0.2, -0.15) is 0 Å². The Morgan fingerprint density at radius 1 is 1.35 bits per heavy atom. The quantitative estimate of drug-likeness (QED) is 0.829. The summed E-state index contributed by atoms with van der Waals surface area (Å²) in [5.74, 6) is 2.66. The van der Waals surface area contributed by atoms with E-state index in [1.165, 1.54) is 0 Å². The zero-order valence-corrected chi connectivity index (χ0v) is 15.0. The number of carbonyl (C=O) groups is 1. The molecule has 0 aliphatic carbocycles. The molecule has 0 aliphatic heterocycles. The number of aromatic nitrogens is 1. The normalized spacial score (nSPS) is 12.2. The summed E-state index contributed by atoms with van der Waals surface area (Å²) in [6.07, 6.45) is 0.943. The summed E-state index contributed by atoms with van der Waals surface area (Å²) < 4.78 is 5.80. The van der Waals surface area contributed by atoms with Crippen molar-refractivity contribution in [1.29, 1.82) is 0 Å². The first kappa shape index (κ1) is 17.6. The molecule has 1 aromatic heterocycles. The number of benzene rings is 1. The van der Waals surface area contributed by atoms with E-state index in [1.54, 1.807) is 11.8 Å². The highest BCUT2D eigenvalue weighted by atomic mass is 32.2. The fraction of sp³-hybridized carbons (Fsp3) is 0.444. The van der Waals surface area contributed by atoms with E-state index in [9.17, 15) is 4.79 Å². The monoisotopic (exact) mass is 332 g/mol. The van der Waals surface area contributed by atoms with Gasteiger partial charge in [-0.15, -0.1) is 11.8 Å². The lowest BCUT2D eigenvalue weighted by Crippen LogP contribution is -2.33. The van der Waals surface area contributed by atoms with Gasteiger partial charge in [-0.25, -0.2) is 4.98 Å². The molecule has 124 valence electrons. The maximum atomic E-state index is 11.8. The molecule has 1 N–H and O–H groups in total. The van der Waals surface area contributed by atoms with Gasteiger partial charge < -0.3 is 9.73 Å². The minimum Gasteiger partial charge on any atom is -0.441 e. The summed E-state index contributed by atoms with van der Waals surface area (Å²) >= 11 is 1.56. The fourth-order valence-corrected chi connectivity index (χ4v) is 2.98. The van der Waals surface area contributed by atoms with Crippen LogP contribution in [0, 0.1) is 13.8 Å². The van der Waals surface area contributed by atoms with Gasteiger partial charge >= 0.3 is 0 Å². The Balaban J connectivity index is 1.95. The SMILES string of the molecule is CCC(C)NC(=O)CSCc1nc(-c2ccccc2C)oc1C. The van der Waals surface area contributed by atoms with Gasteiger partial charge in [0.05, 0.1) is 11.4 Å². The number of nitrogens with zero attached hydrogens (tertiary/aromatic N) is 1. The van der Waals surface area contributed by atoms with Crippen molar-refractivity contribution in [3.63, 3.8) is 0 Å². The third-order valence-corrected chi connectivity index (χ3v) is 4.70. The highest BCUT2D eigenvalue weighted by molar-refractivity contribution is 7.99. The molecular weight excluding hydrogens is 308 g/mol. The number of aryl methyl sites for hydroxylation is 2. The lowest BCUT2D eigenvalue weighted by atomic mass is 10.1. The molecule has 1 aromatic carbocycles. The zero-order chi connectivity index (χ0) is 16.8. The highest BCUT2D eigenvalue weighted by Crippen LogP contribution is 2.26. The van der Waals surface area contributed by atoms with Crippen molar-refractivity contribution in [3.8, 4) is 11.5 Å². The maximum Gasteiger partial charge on any atom is 0.230 e. The minimum absolute atomic E-state index is 0.0737. The number of hydrogen-bond acceptors (Lipinski definition) is 4. The van der Waals surface area contributed by atoms with Crippen molar-refractivity contribution in [3.05, 3.63) is 41.3 Å². The second kappa shape index (κ2) is 8.20. The number of rotatable bonds is 7. The summed E-state index contributed by atoms with van der Waals surface area (Å²) in [5.41, 5.74) is 3.06. The van der Waals surface area contributed by atoms with Crippen LogP contribution in [-0.2, 0) is 10.5 Å². The Morgan fingerprint density at radius 3 is 2.78 bits per heavy atom. The molecule has 0 saturated heterocycles. The molecule has 0 saturated carbocycles. The van der Waals surface area contributed by atoms with Crippen molar-refractivity contribution in [1.82, 2.24) is 10.3 Å². The molecule has 4 nitrogen and oxygen atoms in total. The maximum absolute atomic E-state index is 11.8. The van der Waals surface area contributed by atoms with E-state index < -0.39 is 0 Å². The molecule has 1 amide bonds. The highest BCUT2D eigenvalue weighted by Gasteiger charge is 2.13. The second-order valence-electron chi connectivity index (χ2n) is 5.71. The first-order chi connectivity index (χ1) is 11.0. The van der Waals surface area contributed by atoms with Crippen molar-refractivity contribution in [2.75, 3.05) is 5.75 Å². The fourth-order valence-electron chi connectivity index (χ4n) is 2.15. The Labute approximate surface area is 142 Å². The molecule has 0 fully saturated rings. The van der Waals surface area contributed by atoms with E-state index in [2.05, 4.69) is 17.2 Å². The first-order valence-corrected chi connectivity index (χ1v) is 9.06. The van der Waals surface area contributed by atoms with Crippen LogP contribution >= 0.6 is 11.8 Å². The van der Waals surface area contributed by atoms with Gasteiger partial charge in [-0.3, -0.25) is 4.79 Å². The minimum atomic E-state index is 0.0737. The lowest BCUT2D eigenvalue weighted by molar-refractivity contribution is -0.119. The summed E-state index contributed by atoms with van der Waals surface area (Å²) in [5, 5.41) is 2.97. The van der Waals surface area contributed by atoms with Gasteiger partial charge in [-0.05, 0) is 38.8 Å². The molecule has 1 heterocycles. The molecular formula is C18H24N2O2S. The third kappa shape index (κ3) is 4.86. The number of hydrogen-bond donors (Lipinski definition) is 1. The molecule has 0 bridgehead atoms. The molecule has 0 radical (unpaired) electrons. The van der Waals surface area contributed by atoms with E-state index in [1.807, 2.05) is 45.0 Å². The van der Waals surface area contributed by atoms with Gasteiger partial charge in [0.1, 0.15) is 5.76 Å². The Hall–Kier alpha value is -1.75. The van der Waals surface area contributed by atoms with Crippen LogP contribution in [0.1, 0.15) is 37.3 Å². The van der Waals surface area contributed by atoms with Crippen molar-refractivity contribution in [2.45, 2.75) is 45.9 Å². The van der Waals surface area contributed by atoms with E-state index in [0.717, 1.165) is 29.0 Å². The van der Waals surface area contributed by atoms with Crippen LogP contribution in [0.25, 0.3) is 11.5 Å². The van der Waals surface area contributed by atoms with Crippen LogP contribution in [0.3, 0.4) is 0 Å². The van der Waals surface area contributed by atoms with Crippen molar-refractivity contribution in [2.24, 2.45) is 0 Å². The number of oxazole rings is 1. The molecule has 1 unspecified atom stereocenters. The van der Waals surface area contributed by atoms with Gasteiger partial charge in [-0.1, -0.05) is 25.1 Å². The van der Waals surface area contributed by atoms with Gasteiger partial charge in [0, 0.05) is 17.4 Å². The van der Waals surface area contributed by atoms with Gasteiger partial charge in [0.15, 0.2) is 0 Å². The predicted octanol–water partition coefficient (Wildman–Crippen LogP) is 4.11. The van der Waals surface area contributed by atoms with E-state index in [-0.39, 0.29) is 11.9 Å². The van der Waals surface area contributed by atoms with Crippen LogP contribution in [-0.4, -0.2) is 22.7 Å². The van der Waals surface area contributed by atoms with Gasteiger partial charge in [0.25, 0.3) is 0 Å². The topological polar surface area (TPSA) is 55.1 Å². The van der Waals surface area contributed by atoms with Crippen molar-refractivity contribution >= 4 is 17.7 Å². The Morgan fingerprint density at radius 2 is 2.09 bits per heavy atom. The summed E-state index contributed by atoms with van der Waals surface area (Å²) in [6, 6.07) is 8.26. The molecule has 1 atom stereocenters. The lowest BCUT2D eigenvalue weighted by Gasteiger charge is -2.10.